The van der Waals surface area contributed by atoms with E-state index in [0.29, 0.717) is 12.5 Å². The number of hydrogen-bond donors (Lipinski definition) is 2. The molecule has 1 fully saturated rings. The zero-order valence-electron chi connectivity index (χ0n) is 12.9. The van der Waals surface area contributed by atoms with E-state index in [9.17, 15) is 4.79 Å². The summed E-state index contributed by atoms with van der Waals surface area (Å²) in [5.74, 6) is 0.219. The number of benzene rings is 1. The summed E-state index contributed by atoms with van der Waals surface area (Å²) in [4.78, 5) is 14.0. The summed E-state index contributed by atoms with van der Waals surface area (Å²) < 4.78 is 0. The molecule has 1 aliphatic heterocycles. The van der Waals surface area contributed by atoms with Crippen molar-refractivity contribution >= 4 is 24.0 Å². The minimum Gasteiger partial charge on any atom is -0.410 e. The van der Waals surface area contributed by atoms with Gasteiger partial charge in [-0.05, 0) is 44.3 Å². The Bertz CT molecular complexity index is 485. The number of oxime groups is 1. The van der Waals surface area contributed by atoms with E-state index in [-0.39, 0.29) is 24.0 Å². The van der Waals surface area contributed by atoms with Gasteiger partial charge in [-0.25, -0.2) is 0 Å². The first-order valence-electron chi connectivity index (χ1n) is 7.42. The van der Waals surface area contributed by atoms with Gasteiger partial charge in [-0.3, -0.25) is 9.69 Å². The Morgan fingerprint density at radius 1 is 1.32 bits per heavy atom. The molecule has 22 heavy (non-hydrogen) atoms. The van der Waals surface area contributed by atoms with Crippen molar-refractivity contribution in [3.8, 4) is 0 Å². The smallest absolute Gasteiger partial charge is 0.268 e. The van der Waals surface area contributed by atoms with Gasteiger partial charge in [0.15, 0.2) is 0 Å². The fourth-order valence-electron chi connectivity index (χ4n) is 2.60. The Morgan fingerprint density at radius 2 is 1.95 bits per heavy atom. The van der Waals surface area contributed by atoms with Crippen molar-refractivity contribution in [2.75, 3.05) is 19.6 Å². The number of rotatable bonds is 5. The Hall–Kier alpha value is -1.59. The molecule has 1 aromatic rings. The molecule has 2 rings (SSSR count). The van der Waals surface area contributed by atoms with E-state index in [2.05, 4.69) is 39.6 Å². The molecule has 0 aliphatic carbocycles. The highest BCUT2D eigenvalue weighted by atomic mass is 35.5. The predicted molar refractivity (Wildman–Crippen MR) is 89.6 cm³/mol. The van der Waals surface area contributed by atoms with Crippen LogP contribution >= 0.6 is 12.4 Å². The molecule has 1 aromatic carbocycles. The van der Waals surface area contributed by atoms with Crippen molar-refractivity contribution in [1.82, 2.24) is 10.2 Å². The van der Waals surface area contributed by atoms with Gasteiger partial charge in [0.25, 0.3) is 5.91 Å². The number of likely N-dealkylation sites (tertiary alicyclic amines) is 1. The van der Waals surface area contributed by atoms with Gasteiger partial charge < -0.3 is 10.5 Å². The van der Waals surface area contributed by atoms with E-state index in [1.165, 1.54) is 12.5 Å². The van der Waals surface area contributed by atoms with E-state index in [1.54, 1.807) is 0 Å². The van der Waals surface area contributed by atoms with Crippen molar-refractivity contribution < 1.29 is 10.0 Å². The van der Waals surface area contributed by atoms with Crippen LogP contribution in [0.5, 0.6) is 0 Å². The molecule has 0 unspecified atom stereocenters. The summed E-state index contributed by atoms with van der Waals surface area (Å²) in [6.07, 6.45) is 2.17. The maximum Gasteiger partial charge on any atom is 0.268 e. The number of amides is 1. The molecule has 0 atom stereocenters. The molecule has 122 valence electrons. The van der Waals surface area contributed by atoms with Crippen LogP contribution in [0.15, 0.2) is 35.5 Å². The normalized spacial score (nSPS) is 16.9. The fourth-order valence-corrected chi connectivity index (χ4v) is 2.60. The van der Waals surface area contributed by atoms with Crippen LogP contribution in [0.4, 0.5) is 0 Å². The number of nitrogens with zero attached hydrogens (tertiary/aromatic N) is 2. The van der Waals surface area contributed by atoms with Crippen LogP contribution in [0, 0.1) is 5.92 Å². The first kappa shape index (κ1) is 18.5. The average molecular weight is 326 g/mol. The van der Waals surface area contributed by atoms with Crippen LogP contribution in [-0.2, 0) is 11.3 Å². The molecule has 2 N–H and O–H groups in total. The molecule has 0 aromatic heterocycles. The zero-order chi connectivity index (χ0) is 15.1. The second-order valence-corrected chi connectivity index (χ2v) is 5.60. The molecule has 6 heteroatoms. The molecule has 0 spiro atoms. The lowest BCUT2D eigenvalue weighted by Gasteiger charge is -2.32. The Labute approximate surface area is 137 Å². The SMILES string of the molecule is C/C(=N\O)C(=O)NCC1CCN(Cc2ccccc2)CC1.Cl. The second kappa shape index (κ2) is 9.43. The third-order valence-electron chi connectivity index (χ3n) is 3.99. The Morgan fingerprint density at radius 3 is 2.55 bits per heavy atom. The minimum absolute atomic E-state index is 0. The molecule has 0 bridgehead atoms. The van der Waals surface area contributed by atoms with Crippen LogP contribution in [0.1, 0.15) is 25.3 Å². The van der Waals surface area contributed by atoms with E-state index in [4.69, 9.17) is 5.21 Å². The van der Waals surface area contributed by atoms with E-state index in [0.717, 1.165) is 32.5 Å². The highest BCUT2D eigenvalue weighted by molar-refractivity contribution is 6.37. The van der Waals surface area contributed by atoms with Gasteiger partial charge in [0.1, 0.15) is 5.71 Å². The first-order chi connectivity index (χ1) is 10.2. The van der Waals surface area contributed by atoms with Crippen LogP contribution in [0.2, 0.25) is 0 Å². The van der Waals surface area contributed by atoms with Gasteiger partial charge >= 0.3 is 0 Å². The highest BCUT2D eigenvalue weighted by Gasteiger charge is 2.20. The van der Waals surface area contributed by atoms with Crippen molar-refractivity contribution in [3.63, 3.8) is 0 Å². The van der Waals surface area contributed by atoms with Crippen LogP contribution in [0.25, 0.3) is 0 Å². The van der Waals surface area contributed by atoms with Crippen molar-refractivity contribution in [2.45, 2.75) is 26.3 Å². The van der Waals surface area contributed by atoms with Crippen LogP contribution < -0.4 is 5.32 Å². The van der Waals surface area contributed by atoms with E-state index >= 15 is 0 Å². The van der Waals surface area contributed by atoms with Crippen LogP contribution in [-0.4, -0.2) is 41.4 Å². The van der Waals surface area contributed by atoms with Gasteiger partial charge in [-0.2, -0.15) is 0 Å². The minimum atomic E-state index is -0.288. The summed E-state index contributed by atoms with van der Waals surface area (Å²) in [6, 6.07) is 10.5. The van der Waals surface area contributed by atoms with Gasteiger partial charge in [0.2, 0.25) is 0 Å². The lowest BCUT2D eigenvalue weighted by atomic mass is 9.96. The molecule has 1 heterocycles. The fraction of sp³-hybridized carbons (Fsp3) is 0.500. The summed E-state index contributed by atoms with van der Waals surface area (Å²) in [5.41, 5.74) is 1.45. The molecular weight excluding hydrogens is 302 g/mol. The monoisotopic (exact) mass is 325 g/mol. The summed E-state index contributed by atoms with van der Waals surface area (Å²) >= 11 is 0. The molecular formula is C16H24ClN3O2. The molecule has 5 nitrogen and oxygen atoms in total. The number of nitrogens with one attached hydrogen (secondary N) is 1. The largest absolute Gasteiger partial charge is 0.410 e. The van der Waals surface area contributed by atoms with Crippen molar-refractivity contribution in [3.05, 3.63) is 35.9 Å². The van der Waals surface area contributed by atoms with Crippen LogP contribution in [0.3, 0.4) is 0 Å². The van der Waals surface area contributed by atoms with E-state index < -0.39 is 0 Å². The maximum absolute atomic E-state index is 11.5. The molecule has 0 saturated carbocycles. The average Bonchev–Trinajstić information content (AvgIpc) is 2.54. The lowest BCUT2D eigenvalue weighted by Crippen LogP contribution is -2.39. The summed E-state index contributed by atoms with van der Waals surface area (Å²) in [5, 5.41) is 14.3. The van der Waals surface area contributed by atoms with Gasteiger partial charge in [-0.1, -0.05) is 35.5 Å². The lowest BCUT2D eigenvalue weighted by molar-refractivity contribution is -0.115. The Balaban J connectivity index is 0.00000242. The van der Waals surface area contributed by atoms with Gasteiger partial charge in [0.05, 0.1) is 0 Å². The van der Waals surface area contributed by atoms with Crippen molar-refractivity contribution in [2.24, 2.45) is 11.1 Å². The zero-order valence-corrected chi connectivity index (χ0v) is 13.7. The second-order valence-electron chi connectivity index (χ2n) is 5.60. The number of halogens is 1. The topological polar surface area (TPSA) is 64.9 Å². The van der Waals surface area contributed by atoms with Crippen molar-refractivity contribution in [1.29, 1.82) is 0 Å². The molecule has 0 radical (unpaired) electrons. The third kappa shape index (κ3) is 5.66. The predicted octanol–water partition coefficient (Wildman–Crippen LogP) is 2.29. The first-order valence-corrected chi connectivity index (χ1v) is 7.42. The highest BCUT2D eigenvalue weighted by Crippen LogP contribution is 2.18. The number of carbonyl (C=O) groups excluding carboxylic acids is 1. The summed E-state index contributed by atoms with van der Waals surface area (Å²) in [6.45, 7) is 5.27. The quantitative estimate of drug-likeness (QED) is 0.496. The molecule has 1 aliphatic rings. The van der Waals surface area contributed by atoms with Gasteiger partial charge in [-0.15, -0.1) is 12.4 Å². The molecule has 1 saturated heterocycles. The third-order valence-corrected chi connectivity index (χ3v) is 3.99. The van der Waals surface area contributed by atoms with Gasteiger partial charge in [0, 0.05) is 13.1 Å². The molecule has 1 amide bonds. The summed E-state index contributed by atoms with van der Waals surface area (Å²) in [7, 11) is 0. The number of piperidine rings is 1. The standard InChI is InChI=1S/C16H23N3O2.ClH/c1-13(18-21)16(20)17-11-14-7-9-19(10-8-14)12-15-5-3-2-4-6-15;/h2-6,14,21H,7-12H2,1H3,(H,17,20);1H/b18-13+;. The van der Waals surface area contributed by atoms with E-state index in [1.807, 2.05) is 6.07 Å². The maximum atomic E-state index is 11.5. The number of carbonyl (C=O) groups is 1. The Kier molecular flexibility index (Phi) is 7.91. The number of hydrogen-bond acceptors (Lipinski definition) is 4.